The van der Waals surface area contributed by atoms with E-state index in [1.807, 2.05) is 20.8 Å². The van der Waals surface area contributed by atoms with Gasteiger partial charge in [-0.2, -0.15) is 0 Å². The molecule has 0 saturated heterocycles. The Hall–Kier alpha value is -1.79. The Labute approximate surface area is 173 Å². The highest BCUT2D eigenvalue weighted by Gasteiger charge is 2.57. The van der Waals surface area contributed by atoms with Crippen molar-refractivity contribution in [3.8, 4) is 0 Å². The third-order valence-electron chi connectivity index (χ3n) is 7.31. The number of esters is 1. The molecular formula is C23H34O6. The van der Waals surface area contributed by atoms with Crippen molar-refractivity contribution in [3.63, 3.8) is 0 Å². The normalized spacial score (nSPS) is 33.8. The summed E-state index contributed by atoms with van der Waals surface area (Å²) in [5.41, 5.74) is 1.16. The van der Waals surface area contributed by atoms with Crippen molar-refractivity contribution < 1.29 is 29.3 Å². The van der Waals surface area contributed by atoms with Gasteiger partial charge in [0.15, 0.2) is 5.78 Å². The van der Waals surface area contributed by atoms with E-state index in [9.17, 15) is 19.5 Å². The molecule has 0 unspecified atom stereocenters. The van der Waals surface area contributed by atoms with Gasteiger partial charge in [-0.1, -0.05) is 31.9 Å². The second-order valence-corrected chi connectivity index (χ2v) is 9.30. The van der Waals surface area contributed by atoms with E-state index >= 15 is 0 Å². The van der Waals surface area contributed by atoms with E-state index in [2.05, 4.69) is 13.8 Å². The predicted octanol–water partition coefficient (Wildman–Crippen LogP) is 2.77. The first-order valence-electron chi connectivity index (χ1n) is 10.3. The van der Waals surface area contributed by atoms with Gasteiger partial charge in [-0.05, 0) is 49.5 Å². The van der Waals surface area contributed by atoms with Crippen LogP contribution in [-0.4, -0.2) is 47.1 Å². The molecule has 0 heterocycles. The largest absolute Gasteiger partial charge is 0.460 e. The van der Waals surface area contributed by atoms with E-state index in [-0.39, 0.29) is 40.8 Å². The summed E-state index contributed by atoms with van der Waals surface area (Å²) in [4.78, 5) is 37.1. The summed E-state index contributed by atoms with van der Waals surface area (Å²) in [6.45, 7) is 9.23. The monoisotopic (exact) mass is 406 g/mol. The van der Waals surface area contributed by atoms with E-state index in [1.54, 1.807) is 6.08 Å². The molecule has 0 amide bonds. The van der Waals surface area contributed by atoms with E-state index in [4.69, 9.17) is 9.84 Å². The van der Waals surface area contributed by atoms with Crippen LogP contribution >= 0.6 is 0 Å². The number of ketones is 2. The van der Waals surface area contributed by atoms with Crippen molar-refractivity contribution in [2.45, 2.75) is 66.4 Å². The number of rotatable bonds is 7. The summed E-state index contributed by atoms with van der Waals surface area (Å²) in [6.07, 6.45) is 4.22. The molecule has 5 atom stereocenters. The fourth-order valence-electron chi connectivity index (χ4n) is 4.98. The van der Waals surface area contributed by atoms with E-state index < -0.39 is 18.7 Å². The molecule has 29 heavy (non-hydrogen) atoms. The van der Waals surface area contributed by atoms with Gasteiger partial charge in [0.05, 0.1) is 6.61 Å². The van der Waals surface area contributed by atoms with Gasteiger partial charge in [-0.25, -0.2) is 4.79 Å². The minimum Gasteiger partial charge on any atom is -0.460 e. The van der Waals surface area contributed by atoms with Crippen LogP contribution in [0.4, 0.5) is 0 Å². The highest BCUT2D eigenvalue weighted by atomic mass is 16.5. The molecule has 0 spiro atoms. The third kappa shape index (κ3) is 4.86. The molecule has 6 nitrogen and oxygen atoms in total. The Morgan fingerprint density at radius 2 is 2.03 bits per heavy atom. The van der Waals surface area contributed by atoms with Crippen molar-refractivity contribution in [2.24, 2.45) is 22.7 Å². The smallest absolute Gasteiger partial charge is 0.330 e. The van der Waals surface area contributed by atoms with Crippen LogP contribution in [0.3, 0.4) is 0 Å². The Bertz CT molecular complexity index is 736. The molecule has 162 valence electrons. The molecule has 2 aliphatic carbocycles. The number of hydrogen-bond acceptors (Lipinski definition) is 6. The van der Waals surface area contributed by atoms with Crippen LogP contribution in [0.1, 0.15) is 60.3 Å². The SMILES string of the molecule is CC1=CC(=O)C[C@H]2[C@](C)(CC/C(C)=C/C(=O)OC[C@H](O)CO)[C@@H](C)C(=O)C[C@]12C. The van der Waals surface area contributed by atoms with Crippen molar-refractivity contribution in [1.82, 2.24) is 0 Å². The number of ether oxygens (including phenoxy) is 1. The zero-order valence-electron chi connectivity index (χ0n) is 18.2. The molecule has 0 aliphatic heterocycles. The zero-order valence-corrected chi connectivity index (χ0v) is 18.2. The molecule has 2 aliphatic rings. The second-order valence-electron chi connectivity index (χ2n) is 9.30. The second kappa shape index (κ2) is 8.92. The van der Waals surface area contributed by atoms with Crippen LogP contribution in [0, 0.1) is 22.7 Å². The van der Waals surface area contributed by atoms with Gasteiger partial charge in [-0.3, -0.25) is 9.59 Å². The summed E-state index contributed by atoms with van der Waals surface area (Å²) in [7, 11) is 0. The number of aliphatic hydroxyl groups is 2. The topological polar surface area (TPSA) is 101 Å². The fourth-order valence-corrected chi connectivity index (χ4v) is 4.98. The van der Waals surface area contributed by atoms with Gasteiger partial charge in [0.25, 0.3) is 0 Å². The summed E-state index contributed by atoms with van der Waals surface area (Å²) >= 11 is 0. The first-order valence-corrected chi connectivity index (χ1v) is 10.3. The lowest BCUT2D eigenvalue weighted by Crippen LogP contribution is -2.54. The Kier molecular flexibility index (Phi) is 7.23. The van der Waals surface area contributed by atoms with Crippen LogP contribution in [0.2, 0.25) is 0 Å². The number of Topliss-reactive ketones (excluding diaryl/α,β-unsaturated/α-hetero) is 1. The lowest BCUT2D eigenvalue weighted by molar-refractivity contribution is -0.145. The van der Waals surface area contributed by atoms with Gasteiger partial charge >= 0.3 is 5.97 Å². The standard InChI is InChI=1S/C23H34O6/c1-14(8-21(28)29-13-18(26)12-24)6-7-22(4)16(3)19(27)11-23(5)15(2)9-17(25)10-20(22)23/h8-9,16,18,20,24,26H,6-7,10-13H2,1-5H3/b14-8+/t16-,18+,20-,22+,23+/m0/s1. The molecule has 2 rings (SSSR count). The summed E-state index contributed by atoms with van der Waals surface area (Å²) in [5.74, 6) is -0.286. The number of aliphatic hydroxyl groups excluding tert-OH is 2. The number of carbonyl (C=O) groups excluding carboxylic acids is 3. The first-order chi connectivity index (χ1) is 13.4. The van der Waals surface area contributed by atoms with Crippen LogP contribution in [-0.2, 0) is 19.1 Å². The molecule has 1 fully saturated rings. The van der Waals surface area contributed by atoms with Crippen LogP contribution in [0.5, 0.6) is 0 Å². The van der Waals surface area contributed by atoms with E-state index in [0.717, 1.165) is 11.1 Å². The minimum absolute atomic E-state index is 0.0830. The van der Waals surface area contributed by atoms with E-state index in [0.29, 0.717) is 25.7 Å². The number of hydrogen-bond donors (Lipinski definition) is 2. The molecule has 1 saturated carbocycles. The van der Waals surface area contributed by atoms with Gasteiger partial charge in [0.1, 0.15) is 18.5 Å². The highest BCUT2D eigenvalue weighted by molar-refractivity contribution is 5.93. The average Bonchev–Trinajstić information content (AvgIpc) is 2.65. The molecular weight excluding hydrogens is 372 g/mol. The molecule has 6 heteroatoms. The van der Waals surface area contributed by atoms with Crippen molar-refractivity contribution in [3.05, 3.63) is 23.3 Å². The van der Waals surface area contributed by atoms with Crippen molar-refractivity contribution in [1.29, 1.82) is 0 Å². The Morgan fingerprint density at radius 3 is 2.66 bits per heavy atom. The summed E-state index contributed by atoms with van der Waals surface area (Å²) < 4.78 is 4.92. The lowest BCUT2D eigenvalue weighted by atomic mass is 9.46. The van der Waals surface area contributed by atoms with Crippen molar-refractivity contribution >= 4 is 17.5 Å². The Morgan fingerprint density at radius 1 is 1.38 bits per heavy atom. The first kappa shape index (κ1) is 23.5. The van der Waals surface area contributed by atoms with Crippen LogP contribution < -0.4 is 0 Å². The molecule has 0 radical (unpaired) electrons. The van der Waals surface area contributed by atoms with Crippen LogP contribution in [0.25, 0.3) is 0 Å². The third-order valence-corrected chi connectivity index (χ3v) is 7.31. The number of carbonyl (C=O) groups is 3. The average molecular weight is 407 g/mol. The predicted molar refractivity (Wildman–Crippen MR) is 109 cm³/mol. The maximum Gasteiger partial charge on any atom is 0.330 e. The molecule has 0 bridgehead atoms. The maximum atomic E-state index is 12.9. The molecule has 0 aromatic rings. The van der Waals surface area contributed by atoms with Crippen molar-refractivity contribution in [2.75, 3.05) is 13.2 Å². The minimum atomic E-state index is -1.08. The maximum absolute atomic E-state index is 12.9. The van der Waals surface area contributed by atoms with Crippen LogP contribution in [0.15, 0.2) is 23.3 Å². The van der Waals surface area contributed by atoms with Gasteiger partial charge in [0, 0.05) is 24.8 Å². The zero-order chi connectivity index (χ0) is 22.0. The van der Waals surface area contributed by atoms with Gasteiger partial charge in [-0.15, -0.1) is 0 Å². The van der Waals surface area contributed by atoms with Gasteiger partial charge in [0.2, 0.25) is 0 Å². The lowest BCUT2D eigenvalue weighted by Gasteiger charge is -2.56. The molecule has 0 aromatic heterocycles. The number of allylic oxidation sites excluding steroid dienone is 3. The summed E-state index contributed by atoms with van der Waals surface area (Å²) in [6, 6.07) is 0. The highest BCUT2D eigenvalue weighted by Crippen LogP contribution is 2.60. The molecule has 0 aromatic carbocycles. The van der Waals surface area contributed by atoms with E-state index in [1.165, 1.54) is 6.08 Å². The number of fused-ring (bicyclic) bond motifs is 1. The fraction of sp³-hybridized carbons (Fsp3) is 0.696. The quantitative estimate of drug-likeness (QED) is 0.498. The molecule has 2 N–H and O–H groups in total. The van der Waals surface area contributed by atoms with Gasteiger partial charge < -0.3 is 14.9 Å². The summed E-state index contributed by atoms with van der Waals surface area (Å²) in [5, 5.41) is 18.0. The Balaban J connectivity index is 2.15.